The van der Waals surface area contributed by atoms with Gasteiger partial charge in [-0.05, 0) is 18.5 Å². The van der Waals surface area contributed by atoms with E-state index in [1.165, 1.54) is 11.5 Å². The van der Waals surface area contributed by atoms with Gasteiger partial charge in [-0.25, -0.2) is 4.98 Å². The third-order valence-electron chi connectivity index (χ3n) is 1.10. The van der Waals surface area contributed by atoms with Gasteiger partial charge in [-0.2, -0.15) is 4.37 Å². The van der Waals surface area contributed by atoms with Gasteiger partial charge in [0.1, 0.15) is 5.01 Å². The molecule has 0 aliphatic carbocycles. The van der Waals surface area contributed by atoms with E-state index < -0.39 is 0 Å². The average molecular weight is 156 g/mol. The summed E-state index contributed by atoms with van der Waals surface area (Å²) in [6, 6.07) is 0. The first-order valence-electron chi connectivity index (χ1n) is 3.07. The van der Waals surface area contributed by atoms with E-state index in [1.807, 2.05) is 6.92 Å². The van der Waals surface area contributed by atoms with Gasteiger partial charge in [-0.15, -0.1) is 0 Å². The average Bonchev–Trinajstić information content (AvgIpc) is 2.34. The number of Topliss-reactive ketones (excluding diaryl/α,β-unsaturated/α-hetero) is 1. The van der Waals surface area contributed by atoms with E-state index in [9.17, 15) is 4.79 Å². The molecular formula is C6H8N2OS. The molecule has 0 unspecified atom stereocenters. The maximum Gasteiger partial charge on any atom is 0.209 e. The number of aromatic nitrogens is 2. The second-order valence-corrected chi connectivity index (χ2v) is 2.87. The summed E-state index contributed by atoms with van der Waals surface area (Å²) >= 11 is 1.27. The Labute approximate surface area is 63.3 Å². The van der Waals surface area contributed by atoms with E-state index in [4.69, 9.17) is 0 Å². The summed E-state index contributed by atoms with van der Waals surface area (Å²) in [6.45, 7) is 3.64. The van der Waals surface area contributed by atoms with Gasteiger partial charge in [-0.1, -0.05) is 6.92 Å². The molecule has 3 nitrogen and oxygen atoms in total. The summed E-state index contributed by atoms with van der Waals surface area (Å²) in [6.07, 6.45) is 0.482. The highest BCUT2D eigenvalue weighted by molar-refractivity contribution is 7.05. The highest BCUT2D eigenvalue weighted by atomic mass is 32.1. The number of carbonyl (C=O) groups excluding carboxylic acids is 1. The van der Waals surface area contributed by atoms with Gasteiger partial charge in [0.15, 0.2) is 0 Å². The second kappa shape index (κ2) is 2.88. The number of nitrogens with zero attached hydrogens (tertiary/aromatic N) is 2. The Morgan fingerprint density at radius 2 is 2.40 bits per heavy atom. The summed E-state index contributed by atoms with van der Waals surface area (Å²) in [5.74, 6) is 0.384. The molecule has 1 aromatic heterocycles. The molecule has 0 saturated heterocycles. The van der Waals surface area contributed by atoms with Crippen molar-refractivity contribution in [2.45, 2.75) is 20.3 Å². The molecule has 0 fully saturated rings. The number of aryl methyl sites for hydroxylation is 1. The normalized spacial score (nSPS) is 9.80. The summed E-state index contributed by atoms with van der Waals surface area (Å²) in [4.78, 5) is 14.8. The van der Waals surface area contributed by atoms with Crippen LogP contribution in [-0.4, -0.2) is 15.1 Å². The predicted molar refractivity (Wildman–Crippen MR) is 39.3 cm³/mol. The van der Waals surface area contributed by atoms with E-state index in [2.05, 4.69) is 9.36 Å². The maximum atomic E-state index is 10.9. The minimum absolute atomic E-state index is 0.0179. The molecule has 10 heavy (non-hydrogen) atoms. The molecule has 0 aromatic carbocycles. The molecule has 0 spiro atoms. The Morgan fingerprint density at radius 1 is 1.70 bits per heavy atom. The predicted octanol–water partition coefficient (Wildman–Crippen LogP) is 1.44. The molecule has 0 atom stereocenters. The SMILES string of the molecule is CCC(=O)c1nsc(C)n1. The van der Waals surface area contributed by atoms with Crippen molar-refractivity contribution in [1.82, 2.24) is 9.36 Å². The van der Waals surface area contributed by atoms with E-state index in [1.54, 1.807) is 6.92 Å². The molecule has 1 rings (SSSR count). The van der Waals surface area contributed by atoms with Gasteiger partial charge < -0.3 is 0 Å². The first-order valence-corrected chi connectivity index (χ1v) is 3.85. The van der Waals surface area contributed by atoms with Crippen LogP contribution in [-0.2, 0) is 0 Å². The van der Waals surface area contributed by atoms with Crippen molar-refractivity contribution in [3.63, 3.8) is 0 Å². The lowest BCUT2D eigenvalue weighted by atomic mass is 10.3. The lowest BCUT2D eigenvalue weighted by molar-refractivity contribution is 0.0979. The molecule has 0 amide bonds. The Kier molecular flexibility index (Phi) is 2.11. The quantitative estimate of drug-likeness (QED) is 0.608. The fourth-order valence-electron chi connectivity index (χ4n) is 0.571. The molecule has 1 heterocycles. The third-order valence-corrected chi connectivity index (χ3v) is 1.72. The summed E-state index contributed by atoms with van der Waals surface area (Å²) in [7, 11) is 0. The molecule has 0 radical (unpaired) electrons. The fraction of sp³-hybridized carbons (Fsp3) is 0.500. The van der Waals surface area contributed by atoms with Crippen molar-refractivity contribution < 1.29 is 4.79 Å². The number of ketones is 1. The van der Waals surface area contributed by atoms with Gasteiger partial charge in [0.25, 0.3) is 0 Å². The van der Waals surface area contributed by atoms with Crippen molar-refractivity contribution in [3.8, 4) is 0 Å². The van der Waals surface area contributed by atoms with Crippen LogP contribution in [0.25, 0.3) is 0 Å². The summed E-state index contributed by atoms with van der Waals surface area (Å²) < 4.78 is 3.87. The molecule has 0 N–H and O–H groups in total. The molecule has 0 bridgehead atoms. The molecule has 0 saturated carbocycles. The highest BCUT2D eigenvalue weighted by Crippen LogP contribution is 2.03. The van der Waals surface area contributed by atoms with Gasteiger partial charge in [-0.3, -0.25) is 4.79 Å². The van der Waals surface area contributed by atoms with Crippen molar-refractivity contribution in [2.24, 2.45) is 0 Å². The Hall–Kier alpha value is -0.770. The van der Waals surface area contributed by atoms with Crippen LogP contribution in [0.4, 0.5) is 0 Å². The zero-order valence-electron chi connectivity index (χ0n) is 5.92. The first-order chi connectivity index (χ1) is 4.74. The van der Waals surface area contributed by atoms with Crippen LogP contribution in [0.15, 0.2) is 0 Å². The molecular weight excluding hydrogens is 148 g/mol. The molecule has 0 aliphatic heterocycles. The van der Waals surface area contributed by atoms with Crippen molar-refractivity contribution in [2.75, 3.05) is 0 Å². The summed E-state index contributed by atoms with van der Waals surface area (Å²) in [5.41, 5.74) is 0. The van der Waals surface area contributed by atoms with Crippen molar-refractivity contribution in [3.05, 3.63) is 10.8 Å². The zero-order valence-corrected chi connectivity index (χ0v) is 6.73. The van der Waals surface area contributed by atoms with Gasteiger partial charge in [0, 0.05) is 6.42 Å². The van der Waals surface area contributed by atoms with Crippen LogP contribution in [0.3, 0.4) is 0 Å². The minimum Gasteiger partial charge on any atom is -0.291 e. The number of hydrogen-bond acceptors (Lipinski definition) is 4. The molecule has 54 valence electrons. The van der Waals surface area contributed by atoms with Gasteiger partial charge in [0.2, 0.25) is 11.6 Å². The third kappa shape index (κ3) is 1.39. The van der Waals surface area contributed by atoms with E-state index in [0.717, 1.165) is 5.01 Å². The molecule has 4 heteroatoms. The smallest absolute Gasteiger partial charge is 0.209 e. The molecule has 0 aliphatic rings. The van der Waals surface area contributed by atoms with Gasteiger partial charge >= 0.3 is 0 Å². The Bertz CT molecular complexity index is 244. The van der Waals surface area contributed by atoms with E-state index in [0.29, 0.717) is 12.2 Å². The van der Waals surface area contributed by atoms with E-state index >= 15 is 0 Å². The zero-order chi connectivity index (χ0) is 7.56. The maximum absolute atomic E-state index is 10.9. The summed E-state index contributed by atoms with van der Waals surface area (Å²) in [5, 5.41) is 0.844. The van der Waals surface area contributed by atoms with Crippen LogP contribution in [0.5, 0.6) is 0 Å². The fourth-order valence-corrected chi connectivity index (χ4v) is 1.06. The van der Waals surface area contributed by atoms with Crippen molar-refractivity contribution in [1.29, 1.82) is 0 Å². The Balaban J connectivity index is 2.85. The van der Waals surface area contributed by atoms with Crippen LogP contribution < -0.4 is 0 Å². The lowest BCUT2D eigenvalue weighted by Gasteiger charge is -1.84. The van der Waals surface area contributed by atoms with Crippen LogP contribution in [0.1, 0.15) is 29.0 Å². The van der Waals surface area contributed by atoms with Crippen LogP contribution in [0, 0.1) is 6.92 Å². The Morgan fingerprint density at radius 3 is 2.80 bits per heavy atom. The molecule has 1 aromatic rings. The van der Waals surface area contributed by atoms with E-state index in [-0.39, 0.29) is 5.78 Å². The number of rotatable bonds is 2. The minimum atomic E-state index is 0.0179. The number of carbonyl (C=O) groups is 1. The number of hydrogen-bond donors (Lipinski definition) is 0. The van der Waals surface area contributed by atoms with Crippen LogP contribution >= 0.6 is 11.5 Å². The van der Waals surface area contributed by atoms with Crippen LogP contribution in [0.2, 0.25) is 0 Å². The lowest BCUT2D eigenvalue weighted by Crippen LogP contribution is -1.98. The van der Waals surface area contributed by atoms with Gasteiger partial charge in [0.05, 0.1) is 0 Å². The monoisotopic (exact) mass is 156 g/mol. The first kappa shape index (κ1) is 7.34. The topological polar surface area (TPSA) is 42.9 Å². The highest BCUT2D eigenvalue weighted by Gasteiger charge is 2.07. The standard InChI is InChI=1S/C6H8N2OS/c1-3-5(9)6-7-4(2)10-8-6/h3H2,1-2H3. The van der Waals surface area contributed by atoms with Crippen molar-refractivity contribution >= 4 is 17.3 Å². The largest absolute Gasteiger partial charge is 0.291 e. The second-order valence-electron chi connectivity index (χ2n) is 1.91.